The van der Waals surface area contributed by atoms with Gasteiger partial charge in [-0.2, -0.15) is 0 Å². The lowest BCUT2D eigenvalue weighted by atomic mass is 10.0. The van der Waals surface area contributed by atoms with Crippen LogP contribution in [0.3, 0.4) is 0 Å². The molecule has 2 atom stereocenters. The summed E-state index contributed by atoms with van der Waals surface area (Å²) in [6.07, 6.45) is -0.150. The van der Waals surface area contributed by atoms with Crippen molar-refractivity contribution in [3.05, 3.63) is 70.7 Å². The molecular weight excluding hydrogens is 352 g/mol. The number of hydrogen-bond donors (Lipinski definition) is 3. The molecular formula is C20H21ClN2O3. The molecule has 0 amide bonds. The summed E-state index contributed by atoms with van der Waals surface area (Å²) in [5.74, 6) is 0.458. The summed E-state index contributed by atoms with van der Waals surface area (Å²) in [5, 5.41) is 27.9. The molecule has 0 aliphatic rings. The van der Waals surface area contributed by atoms with Crippen LogP contribution < -0.4 is 5.32 Å². The highest BCUT2D eigenvalue weighted by molar-refractivity contribution is 6.30. The van der Waals surface area contributed by atoms with Crippen LogP contribution in [0.2, 0.25) is 5.02 Å². The maximum absolute atomic E-state index is 10.3. The van der Waals surface area contributed by atoms with Crippen molar-refractivity contribution in [1.82, 2.24) is 10.5 Å². The lowest BCUT2D eigenvalue weighted by Gasteiger charge is -2.17. The summed E-state index contributed by atoms with van der Waals surface area (Å²) in [5.41, 5.74) is 2.27. The SMILES string of the molecule is CC(Cc1c(O)noc1-c1ccccc1)NCC(O)c1cccc(Cl)c1. The number of aromatic nitrogens is 1. The zero-order valence-electron chi connectivity index (χ0n) is 14.4. The van der Waals surface area contributed by atoms with Crippen molar-refractivity contribution in [3.63, 3.8) is 0 Å². The van der Waals surface area contributed by atoms with Gasteiger partial charge < -0.3 is 20.1 Å². The van der Waals surface area contributed by atoms with Crippen LogP contribution in [0.1, 0.15) is 24.2 Å². The molecule has 1 aromatic heterocycles. The third-order valence-electron chi connectivity index (χ3n) is 4.21. The number of aliphatic hydroxyl groups excluding tert-OH is 1. The van der Waals surface area contributed by atoms with Gasteiger partial charge in [-0.1, -0.05) is 54.1 Å². The number of benzene rings is 2. The Morgan fingerprint density at radius 2 is 1.92 bits per heavy atom. The Balaban J connectivity index is 1.64. The lowest BCUT2D eigenvalue weighted by Crippen LogP contribution is -2.32. The predicted molar refractivity (Wildman–Crippen MR) is 101 cm³/mol. The summed E-state index contributed by atoms with van der Waals surface area (Å²) in [7, 11) is 0. The highest BCUT2D eigenvalue weighted by Gasteiger charge is 2.20. The molecule has 0 aliphatic heterocycles. The molecule has 2 unspecified atom stereocenters. The molecule has 3 rings (SSSR count). The smallest absolute Gasteiger partial charge is 0.255 e. The highest BCUT2D eigenvalue weighted by Crippen LogP contribution is 2.30. The first-order valence-corrected chi connectivity index (χ1v) is 8.82. The van der Waals surface area contributed by atoms with Gasteiger partial charge in [0.25, 0.3) is 5.88 Å². The molecule has 6 heteroatoms. The number of aliphatic hydroxyl groups is 1. The molecule has 3 aromatic rings. The molecule has 0 saturated carbocycles. The fourth-order valence-corrected chi connectivity index (χ4v) is 3.02. The highest BCUT2D eigenvalue weighted by atomic mass is 35.5. The molecule has 3 N–H and O–H groups in total. The van der Waals surface area contributed by atoms with Crippen LogP contribution in [0.5, 0.6) is 5.88 Å². The summed E-state index contributed by atoms with van der Waals surface area (Å²) < 4.78 is 5.30. The van der Waals surface area contributed by atoms with Crippen LogP contribution >= 0.6 is 11.6 Å². The molecule has 5 nitrogen and oxygen atoms in total. The van der Waals surface area contributed by atoms with Crippen molar-refractivity contribution in [2.24, 2.45) is 0 Å². The van der Waals surface area contributed by atoms with Crippen molar-refractivity contribution in [2.75, 3.05) is 6.54 Å². The second-order valence-electron chi connectivity index (χ2n) is 6.26. The van der Waals surface area contributed by atoms with Gasteiger partial charge in [-0.15, -0.1) is 0 Å². The number of nitrogens with zero attached hydrogens (tertiary/aromatic N) is 1. The first-order chi connectivity index (χ1) is 12.5. The van der Waals surface area contributed by atoms with Crippen LogP contribution in [0, 0.1) is 0 Å². The third-order valence-corrected chi connectivity index (χ3v) is 4.44. The Bertz CT molecular complexity index is 851. The summed E-state index contributed by atoms with van der Waals surface area (Å²) >= 11 is 5.96. The second-order valence-corrected chi connectivity index (χ2v) is 6.70. The van der Waals surface area contributed by atoms with Gasteiger partial charge in [-0.05, 0) is 36.2 Å². The lowest BCUT2D eigenvalue weighted by molar-refractivity contribution is 0.170. The number of aromatic hydroxyl groups is 1. The minimum absolute atomic E-state index is 0.00315. The summed E-state index contributed by atoms with van der Waals surface area (Å²) in [4.78, 5) is 0. The molecule has 0 bridgehead atoms. The van der Waals surface area contributed by atoms with Crippen LogP contribution in [0.25, 0.3) is 11.3 Å². The third kappa shape index (κ3) is 4.43. The first kappa shape index (κ1) is 18.5. The summed E-state index contributed by atoms with van der Waals surface area (Å²) in [6, 6.07) is 16.7. The first-order valence-electron chi connectivity index (χ1n) is 8.44. The number of halogens is 1. The van der Waals surface area contributed by atoms with E-state index in [0.29, 0.717) is 29.3 Å². The van der Waals surface area contributed by atoms with E-state index in [2.05, 4.69) is 10.5 Å². The maximum atomic E-state index is 10.3. The zero-order valence-corrected chi connectivity index (χ0v) is 15.1. The average molecular weight is 373 g/mol. The molecule has 0 fully saturated rings. The van der Waals surface area contributed by atoms with E-state index >= 15 is 0 Å². The van der Waals surface area contributed by atoms with Crippen molar-refractivity contribution in [3.8, 4) is 17.2 Å². The number of nitrogens with one attached hydrogen (secondary N) is 1. The van der Waals surface area contributed by atoms with E-state index in [9.17, 15) is 10.2 Å². The molecule has 0 spiro atoms. The largest absolute Gasteiger partial charge is 0.491 e. The van der Waals surface area contributed by atoms with Gasteiger partial charge in [-0.25, -0.2) is 0 Å². The van der Waals surface area contributed by atoms with E-state index in [-0.39, 0.29) is 11.9 Å². The topological polar surface area (TPSA) is 78.5 Å². The van der Waals surface area contributed by atoms with Gasteiger partial charge >= 0.3 is 0 Å². The fraction of sp³-hybridized carbons (Fsp3) is 0.250. The summed E-state index contributed by atoms with van der Waals surface area (Å²) in [6.45, 7) is 2.35. The van der Waals surface area contributed by atoms with Crippen molar-refractivity contribution in [2.45, 2.75) is 25.5 Å². The Hall–Kier alpha value is -2.34. The van der Waals surface area contributed by atoms with E-state index in [1.165, 1.54) is 0 Å². The average Bonchev–Trinajstić information content (AvgIpc) is 3.01. The quantitative estimate of drug-likeness (QED) is 0.585. The van der Waals surface area contributed by atoms with Crippen molar-refractivity contribution < 1.29 is 14.7 Å². The van der Waals surface area contributed by atoms with Gasteiger partial charge in [0.05, 0.1) is 11.7 Å². The molecule has 0 radical (unpaired) electrons. The Morgan fingerprint density at radius 1 is 1.15 bits per heavy atom. The van der Waals surface area contributed by atoms with Crippen LogP contribution in [-0.4, -0.2) is 28.0 Å². The maximum Gasteiger partial charge on any atom is 0.255 e. The van der Waals surface area contributed by atoms with E-state index in [1.54, 1.807) is 12.1 Å². The molecule has 2 aromatic carbocycles. The van der Waals surface area contributed by atoms with Gasteiger partial charge in [-0.3, -0.25) is 0 Å². The molecule has 0 saturated heterocycles. The van der Waals surface area contributed by atoms with Gasteiger partial charge in [0.15, 0.2) is 5.76 Å². The zero-order chi connectivity index (χ0) is 18.5. The van der Waals surface area contributed by atoms with Crippen LogP contribution in [0.15, 0.2) is 59.1 Å². The van der Waals surface area contributed by atoms with Crippen molar-refractivity contribution >= 4 is 11.6 Å². The minimum atomic E-state index is -0.666. The Labute approximate surface area is 157 Å². The normalized spacial score (nSPS) is 13.5. The van der Waals surface area contributed by atoms with E-state index in [1.807, 2.05) is 49.4 Å². The number of rotatable bonds is 7. The minimum Gasteiger partial charge on any atom is -0.491 e. The van der Waals surface area contributed by atoms with Gasteiger partial charge in [0.2, 0.25) is 0 Å². The molecule has 0 aliphatic carbocycles. The van der Waals surface area contributed by atoms with E-state index in [4.69, 9.17) is 16.1 Å². The van der Waals surface area contributed by atoms with Crippen LogP contribution in [0.4, 0.5) is 0 Å². The van der Waals surface area contributed by atoms with Gasteiger partial charge in [0, 0.05) is 23.2 Å². The Morgan fingerprint density at radius 3 is 2.65 bits per heavy atom. The van der Waals surface area contributed by atoms with Crippen LogP contribution in [-0.2, 0) is 6.42 Å². The number of hydrogen-bond acceptors (Lipinski definition) is 5. The fourth-order valence-electron chi connectivity index (χ4n) is 2.82. The van der Waals surface area contributed by atoms with E-state index in [0.717, 1.165) is 11.1 Å². The standard InChI is InChI=1S/C20H21ClN2O3/c1-13(22-12-18(24)15-8-5-9-16(21)11-15)10-17-19(26-23-20(17)25)14-6-3-2-4-7-14/h2-9,11,13,18,22,24H,10,12H2,1H3,(H,23,25). The molecule has 26 heavy (non-hydrogen) atoms. The monoisotopic (exact) mass is 372 g/mol. The Kier molecular flexibility index (Phi) is 5.93. The van der Waals surface area contributed by atoms with Gasteiger partial charge in [0.1, 0.15) is 0 Å². The second kappa shape index (κ2) is 8.36. The molecule has 136 valence electrons. The molecule has 1 heterocycles. The van der Waals surface area contributed by atoms with Crippen molar-refractivity contribution in [1.29, 1.82) is 0 Å². The van der Waals surface area contributed by atoms with E-state index < -0.39 is 6.10 Å². The predicted octanol–water partition coefficient (Wildman–Crippen LogP) is 3.95.